The van der Waals surface area contributed by atoms with E-state index in [1.807, 2.05) is 20.8 Å². The average molecular weight is 334 g/mol. The lowest BCUT2D eigenvalue weighted by Gasteiger charge is -2.14. The molecule has 0 atom stereocenters. The fraction of sp³-hybridized carbons (Fsp3) is 0.500. The summed E-state index contributed by atoms with van der Waals surface area (Å²) in [4.78, 5) is 20.8. The molecule has 8 nitrogen and oxygen atoms in total. The third-order valence-electron chi connectivity index (χ3n) is 3.31. The van der Waals surface area contributed by atoms with Crippen molar-refractivity contribution in [2.75, 3.05) is 18.5 Å². The Morgan fingerprint density at radius 1 is 1.38 bits per heavy atom. The van der Waals surface area contributed by atoms with Crippen molar-refractivity contribution in [3.8, 4) is 5.88 Å². The molecule has 0 bridgehead atoms. The lowest BCUT2D eigenvalue weighted by Crippen LogP contribution is -2.22. The van der Waals surface area contributed by atoms with E-state index < -0.39 is 0 Å². The molecule has 0 spiro atoms. The number of nitrogens with zero attached hydrogens (tertiary/aromatic N) is 3. The summed E-state index contributed by atoms with van der Waals surface area (Å²) >= 11 is 0. The molecule has 0 aliphatic rings. The summed E-state index contributed by atoms with van der Waals surface area (Å²) in [5.41, 5.74) is 1.44. The van der Waals surface area contributed by atoms with Gasteiger partial charge in [0.25, 0.3) is 5.91 Å². The number of aliphatic hydroxyl groups excluding tert-OH is 1. The van der Waals surface area contributed by atoms with Gasteiger partial charge in [-0.3, -0.25) is 4.79 Å². The van der Waals surface area contributed by atoms with Crippen molar-refractivity contribution in [3.63, 3.8) is 0 Å². The minimum absolute atomic E-state index is 0.0496. The Balaban J connectivity index is 2.10. The zero-order valence-electron chi connectivity index (χ0n) is 14.3. The number of amides is 1. The van der Waals surface area contributed by atoms with Gasteiger partial charge in [-0.1, -0.05) is 19.0 Å². The van der Waals surface area contributed by atoms with Gasteiger partial charge in [0.05, 0.1) is 0 Å². The maximum Gasteiger partial charge on any atom is 0.263 e. The molecule has 24 heavy (non-hydrogen) atoms. The second-order valence-corrected chi connectivity index (χ2v) is 5.74. The van der Waals surface area contributed by atoms with Crippen LogP contribution < -0.4 is 10.1 Å². The highest BCUT2D eigenvalue weighted by Crippen LogP contribution is 2.22. The van der Waals surface area contributed by atoms with Crippen LogP contribution in [0.2, 0.25) is 0 Å². The molecule has 1 amide bonds. The van der Waals surface area contributed by atoms with Crippen molar-refractivity contribution in [2.24, 2.45) is 0 Å². The number of nitrogens with one attached hydrogen (secondary N) is 1. The molecule has 0 radical (unpaired) electrons. The van der Waals surface area contributed by atoms with Gasteiger partial charge in [-0.05, 0) is 13.8 Å². The molecule has 130 valence electrons. The highest BCUT2D eigenvalue weighted by molar-refractivity contribution is 5.90. The van der Waals surface area contributed by atoms with Crippen molar-refractivity contribution in [1.82, 2.24) is 15.1 Å². The first-order valence-electron chi connectivity index (χ1n) is 7.75. The Bertz CT molecular complexity index is 712. The van der Waals surface area contributed by atoms with Gasteiger partial charge in [-0.2, -0.15) is 4.98 Å². The summed E-state index contributed by atoms with van der Waals surface area (Å²) in [6.07, 6.45) is 0.365. The number of rotatable bonds is 7. The fourth-order valence-corrected chi connectivity index (χ4v) is 2.11. The predicted molar refractivity (Wildman–Crippen MR) is 87.0 cm³/mol. The van der Waals surface area contributed by atoms with E-state index in [4.69, 9.17) is 9.26 Å². The number of anilines is 1. The molecule has 2 aromatic rings. The Morgan fingerprint density at radius 2 is 2.12 bits per heavy atom. The van der Waals surface area contributed by atoms with Gasteiger partial charge in [0.2, 0.25) is 5.88 Å². The number of aryl methyl sites for hydroxylation is 2. The van der Waals surface area contributed by atoms with E-state index in [9.17, 15) is 9.90 Å². The van der Waals surface area contributed by atoms with Crippen molar-refractivity contribution in [2.45, 2.75) is 40.0 Å². The van der Waals surface area contributed by atoms with E-state index in [1.54, 1.807) is 13.0 Å². The number of aliphatic hydroxyl groups is 1. The van der Waals surface area contributed by atoms with Gasteiger partial charge in [0.1, 0.15) is 11.6 Å². The zero-order chi connectivity index (χ0) is 17.7. The molecule has 2 rings (SSSR count). The van der Waals surface area contributed by atoms with Crippen LogP contribution in [0.5, 0.6) is 5.88 Å². The first-order valence-corrected chi connectivity index (χ1v) is 7.75. The zero-order valence-corrected chi connectivity index (χ0v) is 14.3. The second kappa shape index (κ2) is 7.87. The summed E-state index contributed by atoms with van der Waals surface area (Å²) in [6.45, 7) is 7.25. The number of aromatic nitrogens is 3. The second-order valence-electron chi connectivity index (χ2n) is 5.74. The molecule has 2 aromatic heterocycles. The van der Waals surface area contributed by atoms with E-state index in [2.05, 4.69) is 20.4 Å². The maximum absolute atomic E-state index is 12.0. The van der Waals surface area contributed by atoms with E-state index in [0.717, 1.165) is 5.69 Å². The number of carbonyl (C=O) groups is 1. The van der Waals surface area contributed by atoms with Crippen molar-refractivity contribution < 1.29 is 19.2 Å². The highest BCUT2D eigenvalue weighted by atomic mass is 16.5. The first kappa shape index (κ1) is 17.9. The van der Waals surface area contributed by atoms with E-state index in [-0.39, 0.29) is 25.0 Å². The topological polar surface area (TPSA) is 110 Å². The third kappa shape index (κ3) is 4.51. The minimum Gasteiger partial charge on any atom is -0.467 e. The Morgan fingerprint density at radius 3 is 2.71 bits per heavy atom. The SMILES string of the molecule is Cc1cc(NC(=O)COc2nc(C(C)C)nc(C)c2CCO)no1. The van der Waals surface area contributed by atoms with Crippen molar-refractivity contribution in [3.05, 3.63) is 28.9 Å². The van der Waals surface area contributed by atoms with Crippen LogP contribution in [-0.4, -0.2) is 39.4 Å². The quantitative estimate of drug-likeness (QED) is 0.793. The highest BCUT2D eigenvalue weighted by Gasteiger charge is 2.16. The Labute approximate surface area is 140 Å². The molecule has 0 aliphatic heterocycles. The van der Waals surface area contributed by atoms with Crippen LogP contribution in [0.4, 0.5) is 5.82 Å². The number of hydrogen-bond acceptors (Lipinski definition) is 7. The lowest BCUT2D eigenvalue weighted by molar-refractivity contribution is -0.118. The molecule has 0 aromatic carbocycles. The van der Waals surface area contributed by atoms with Gasteiger partial charge in [-0.15, -0.1) is 0 Å². The largest absolute Gasteiger partial charge is 0.467 e. The molecular weight excluding hydrogens is 312 g/mol. The molecule has 0 fully saturated rings. The monoisotopic (exact) mass is 334 g/mol. The molecule has 0 saturated carbocycles. The standard InChI is InChI=1S/C16H22N4O4/c1-9(2)15-17-11(4)12(5-6-21)16(19-15)23-8-14(22)18-13-7-10(3)24-20-13/h7,9,21H,5-6,8H2,1-4H3,(H,18,20,22). The van der Waals surface area contributed by atoms with Crippen LogP contribution in [-0.2, 0) is 11.2 Å². The molecular formula is C16H22N4O4. The third-order valence-corrected chi connectivity index (χ3v) is 3.31. The average Bonchev–Trinajstić information content (AvgIpc) is 2.92. The van der Waals surface area contributed by atoms with Crippen LogP contribution in [0.1, 0.15) is 42.6 Å². The summed E-state index contributed by atoms with van der Waals surface area (Å²) in [5, 5.41) is 15.5. The van der Waals surface area contributed by atoms with Crippen LogP contribution in [0.3, 0.4) is 0 Å². The summed E-state index contributed by atoms with van der Waals surface area (Å²) in [6, 6.07) is 1.61. The van der Waals surface area contributed by atoms with Crippen LogP contribution in [0, 0.1) is 13.8 Å². The Hall–Kier alpha value is -2.48. The van der Waals surface area contributed by atoms with Crippen molar-refractivity contribution >= 4 is 11.7 Å². The van der Waals surface area contributed by atoms with E-state index in [1.165, 1.54) is 0 Å². The van der Waals surface area contributed by atoms with E-state index in [0.29, 0.717) is 35.3 Å². The van der Waals surface area contributed by atoms with Gasteiger partial charge >= 0.3 is 0 Å². The normalized spacial score (nSPS) is 10.9. The van der Waals surface area contributed by atoms with Gasteiger partial charge in [0, 0.05) is 36.3 Å². The van der Waals surface area contributed by atoms with Crippen LogP contribution in [0.25, 0.3) is 0 Å². The van der Waals surface area contributed by atoms with Gasteiger partial charge < -0.3 is 19.7 Å². The van der Waals surface area contributed by atoms with Crippen molar-refractivity contribution in [1.29, 1.82) is 0 Å². The molecule has 0 unspecified atom stereocenters. The molecule has 2 N–H and O–H groups in total. The minimum atomic E-state index is -0.374. The molecule has 0 saturated heterocycles. The van der Waals surface area contributed by atoms with Crippen LogP contribution in [0.15, 0.2) is 10.6 Å². The fourth-order valence-electron chi connectivity index (χ4n) is 2.11. The van der Waals surface area contributed by atoms with Crippen LogP contribution >= 0.6 is 0 Å². The Kier molecular flexibility index (Phi) is 5.86. The molecule has 8 heteroatoms. The smallest absolute Gasteiger partial charge is 0.263 e. The van der Waals surface area contributed by atoms with Gasteiger partial charge in [0.15, 0.2) is 12.4 Å². The van der Waals surface area contributed by atoms with Gasteiger partial charge in [-0.25, -0.2) is 4.98 Å². The summed E-state index contributed by atoms with van der Waals surface area (Å²) in [5.74, 6) is 1.65. The van der Waals surface area contributed by atoms with E-state index >= 15 is 0 Å². The molecule has 2 heterocycles. The molecule has 0 aliphatic carbocycles. The maximum atomic E-state index is 12.0. The number of carbonyl (C=O) groups excluding carboxylic acids is 1. The predicted octanol–water partition coefficient (Wildman–Crippen LogP) is 1.76. The first-order chi connectivity index (χ1) is 11.4. The summed E-state index contributed by atoms with van der Waals surface area (Å²) < 4.78 is 10.5. The lowest BCUT2D eigenvalue weighted by atomic mass is 10.1. The number of ether oxygens (including phenoxy) is 1. The number of hydrogen-bond donors (Lipinski definition) is 2. The summed E-state index contributed by atoms with van der Waals surface area (Å²) in [7, 11) is 0.